The summed E-state index contributed by atoms with van der Waals surface area (Å²) in [7, 11) is 0. The molecule has 1 atom stereocenters. The predicted molar refractivity (Wildman–Crippen MR) is 78.6 cm³/mol. The van der Waals surface area contributed by atoms with E-state index < -0.39 is 0 Å². The molecule has 3 rings (SSSR count). The monoisotopic (exact) mass is 294 g/mol. The highest BCUT2D eigenvalue weighted by Crippen LogP contribution is 2.41. The minimum atomic E-state index is 0.117. The number of likely N-dealkylation sites (tertiary alicyclic amines) is 1. The van der Waals surface area contributed by atoms with E-state index in [1.165, 1.54) is 12.8 Å². The summed E-state index contributed by atoms with van der Waals surface area (Å²) in [5, 5.41) is 3.23. The Bertz CT molecular complexity index is 412. The molecule has 0 unspecified atom stereocenters. The molecule has 1 spiro atoms. The first kappa shape index (κ1) is 14.8. The zero-order chi connectivity index (χ0) is 14.9. The molecule has 3 aliphatic rings. The summed E-state index contributed by atoms with van der Waals surface area (Å²) in [5.41, 5.74) is 0.128. The largest absolute Gasteiger partial charge is 0.379 e. The molecule has 0 radical (unpaired) electrons. The Morgan fingerprint density at radius 3 is 2.57 bits per heavy atom. The number of carbonyl (C=O) groups is 2. The average Bonchev–Trinajstić information content (AvgIpc) is 3.26. The molecule has 0 aromatic heterocycles. The van der Waals surface area contributed by atoms with Gasteiger partial charge in [-0.05, 0) is 43.4 Å². The summed E-state index contributed by atoms with van der Waals surface area (Å²) in [6.45, 7) is 4.65. The van der Waals surface area contributed by atoms with E-state index in [0.717, 1.165) is 39.0 Å². The summed E-state index contributed by atoms with van der Waals surface area (Å²) in [6.07, 6.45) is 6.02. The van der Waals surface area contributed by atoms with Crippen molar-refractivity contribution in [3.63, 3.8) is 0 Å². The van der Waals surface area contributed by atoms with Crippen LogP contribution in [0, 0.1) is 11.3 Å². The Labute approximate surface area is 126 Å². The van der Waals surface area contributed by atoms with E-state index in [4.69, 9.17) is 4.74 Å². The van der Waals surface area contributed by atoms with Crippen LogP contribution in [0.2, 0.25) is 0 Å². The molecule has 5 heteroatoms. The number of hydrogen-bond donors (Lipinski definition) is 1. The molecule has 118 valence electrons. The lowest BCUT2D eigenvalue weighted by Crippen LogP contribution is -2.58. The van der Waals surface area contributed by atoms with Crippen LogP contribution >= 0.6 is 0 Å². The third-order valence-electron chi connectivity index (χ3n) is 5.48. The fraction of sp³-hybridized carbons (Fsp3) is 0.875. The minimum Gasteiger partial charge on any atom is -0.379 e. The fourth-order valence-corrected chi connectivity index (χ4v) is 3.73. The van der Waals surface area contributed by atoms with Gasteiger partial charge in [0.25, 0.3) is 0 Å². The topological polar surface area (TPSA) is 58.6 Å². The van der Waals surface area contributed by atoms with E-state index in [-0.39, 0.29) is 23.3 Å². The highest BCUT2D eigenvalue weighted by molar-refractivity contribution is 5.77. The number of ether oxygens (including phenoxy) is 1. The van der Waals surface area contributed by atoms with Crippen molar-refractivity contribution in [2.24, 2.45) is 11.3 Å². The quantitative estimate of drug-likeness (QED) is 0.854. The van der Waals surface area contributed by atoms with Gasteiger partial charge in [0.15, 0.2) is 0 Å². The van der Waals surface area contributed by atoms with Crippen LogP contribution < -0.4 is 5.32 Å². The van der Waals surface area contributed by atoms with Gasteiger partial charge in [0.2, 0.25) is 11.8 Å². The summed E-state index contributed by atoms with van der Waals surface area (Å²) in [6, 6.07) is 0.117. The molecule has 0 aromatic rings. The zero-order valence-corrected chi connectivity index (χ0v) is 12.9. The van der Waals surface area contributed by atoms with Crippen molar-refractivity contribution in [1.82, 2.24) is 10.2 Å². The first-order valence-electron chi connectivity index (χ1n) is 8.22. The smallest absolute Gasteiger partial charge is 0.220 e. The Hall–Kier alpha value is -1.10. The number of hydrogen-bond acceptors (Lipinski definition) is 3. The molecule has 2 aliphatic heterocycles. The van der Waals surface area contributed by atoms with Crippen molar-refractivity contribution in [2.45, 2.75) is 51.5 Å². The average molecular weight is 294 g/mol. The van der Waals surface area contributed by atoms with Gasteiger partial charge < -0.3 is 15.0 Å². The first-order chi connectivity index (χ1) is 10.1. The van der Waals surface area contributed by atoms with E-state index in [0.29, 0.717) is 18.9 Å². The lowest BCUT2D eigenvalue weighted by Gasteiger charge is -2.49. The van der Waals surface area contributed by atoms with Gasteiger partial charge in [-0.2, -0.15) is 0 Å². The summed E-state index contributed by atoms with van der Waals surface area (Å²) in [4.78, 5) is 25.5. The highest BCUT2D eigenvalue weighted by atomic mass is 16.5. The molecule has 0 bridgehead atoms. The first-order valence-corrected chi connectivity index (χ1v) is 8.22. The van der Waals surface area contributed by atoms with Crippen LogP contribution in [0.1, 0.15) is 45.4 Å². The maximum atomic E-state index is 12.1. The molecule has 1 N–H and O–H groups in total. The van der Waals surface area contributed by atoms with Gasteiger partial charge in [0.05, 0.1) is 12.6 Å². The Balaban J connectivity index is 1.60. The molecular weight excluding hydrogens is 268 g/mol. The second-order valence-corrected chi connectivity index (χ2v) is 6.96. The Morgan fingerprint density at radius 1 is 1.24 bits per heavy atom. The van der Waals surface area contributed by atoms with Crippen LogP contribution in [0.3, 0.4) is 0 Å². The molecule has 2 heterocycles. The van der Waals surface area contributed by atoms with Crippen LogP contribution in [0.15, 0.2) is 0 Å². The molecular formula is C16H26N2O3. The van der Waals surface area contributed by atoms with Crippen LogP contribution in [-0.4, -0.2) is 49.1 Å². The zero-order valence-electron chi connectivity index (χ0n) is 12.9. The normalized spacial score (nSPS) is 28.4. The Kier molecular flexibility index (Phi) is 4.20. The third kappa shape index (κ3) is 3.39. The molecule has 1 saturated carbocycles. The van der Waals surface area contributed by atoms with Crippen LogP contribution in [0.25, 0.3) is 0 Å². The predicted octanol–water partition coefficient (Wildman–Crippen LogP) is 1.32. The van der Waals surface area contributed by atoms with Crippen LogP contribution in [0.5, 0.6) is 0 Å². The number of amides is 2. The van der Waals surface area contributed by atoms with E-state index in [1.807, 2.05) is 4.90 Å². The van der Waals surface area contributed by atoms with Crippen molar-refractivity contribution in [2.75, 3.05) is 26.3 Å². The maximum absolute atomic E-state index is 12.1. The number of rotatable bonds is 3. The summed E-state index contributed by atoms with van der Waals surface area (Å²) in [5.74, 6) is 0.956. The standard InChI is InChI=1S/C16H26N2O3/c1-12(19)18-7-4-16(5-8-18)6-9-21-11-14(16)17-15(20)10-13-2-3-13/h13-14H,2-11H2,1H3,(H,17,20)/t14-/m1/s1. The van der Waals surface area contributed by atoms with Gasteiger partial charge in [-0.15, -0.1) is 0 Å². The lowest BCUT2D eigenvalue weighted by atomic mass is 9.69. The molecule has 2 amide bonds. The van der Waals surface area contributed by atoms with Gasteiger partial charge >= 0.3 is 0 Å². The molecule has 1 aliphatic carbocycles. The van der Waals surface area contributed by atoms with Crippen LogP contribution in [0.4, 0.5) is 0 Å². The minimum absolute atomic E-state index is 0.117. The number of nitrogens with one attached hydrogen (secondary N) is 1. The Morgan fingerprint density at radius 2 is 1.95 bits per heavy atom. The number of nitrogens with zero attached hydrogens (tertiary/aromatic N) is 1. The van der Waals surface area contributed by atoms with E-state index >= 15 is 0 Å². The van der Waals surface area contributed by atoms with Gasteiger partial charge in [0.1, 0.15) is 0 Å². The van der Waals surface area contributed by atoms with Crippen molar-refractivity contribution < 1.29 is 14.3 Å². The van der Waals surface area contributed by atoms with E-state index in [9.17, 15) is 9.59 Å². The SMILES string of the molecule is CC(=O)N1CCC2(CCOC[C@H]2NC(=O)CC2CC2)CC1. The molecule has 3 fully saturated rings. The fourth-order valence-electron chi connectivity index (χ4n) is 3.73. The van der Waals surface area contributed by atoms with Gasteiger partial charge in [-0.3, -0.25) is 9.59 Å². The van der Waals surface area contributed by atoms with Gasteiger partial charge in [-0.1, -0.05) is 0 Å². The molecule has 0 aromatic carbocycles. The van der Waals surface area contributed by atoms with E-state index in [1.54, 1.807) is 6.92 Å². The second-order valence-electron chi connectivity index (χ2n) is 6.96. The summed E-state index contributed by atoms with van der Waals surface area (Å²) >= 11 is 0. The van der Waals surface area contributed by atoms with Crippen molar-refractivity contribution in [3.8, 4) is 0 Å². The number of piperidine rings is 1. The van der Waals surface area contributed by atoms with E-state index in [2.05, 4.69) is 5.32 Å². The van der Waals surface area contributed by atoms with Gasteiger partial charge in [-0.25, -0.2) is 0 Å². The maximum Gasteiger partial charge on any atom is 0.220 e. The molecule has 2 saturated heterocycles. The summed E-state index contributed by atoms with van der Waals surface area (Å²) < 4.78 is 5.61. The molecule has 21 heavy (non-hydrogen) atoms. The highest BCUT2D eigenvalue weighted by Gasteiger charge is 2.44. The van der Waals surface area contributed by atoms with Crippen molar-refractivity contribution >= 4 is 11.8 Å². The van der Waals surface area contributed by atoms with Crippen molar-refractivity contribution in [3.05, 3.63) is 0 Å². The van der Waals surface area contributed by atoms with Crippen molar-refractivity contribution in [1.29, 1.82) is 0 Å². The third-order valence-corrected chi connectivity index (χ3v) is 5.48. The number of carbonyl (C=O) groups excluding carboxylic acids is 2. The van der Waals surface area contributed by atoms with Crippen LogP contribution in [-0.2, 0) is 14.3 Å². The second kappa shape index (κ2) is 5.95. The lowest BCUT2D eigenvalue weighted by molar-refractivity contribution is -0.135. The van der Waals surface area contributed by atoms with Gasteiger partial charge in [0, 0.05) is 33.0 Å². The molecule has 5 nitrogen and oxygen atoms in total.